The number of hydrogen-bond donors (Lipinski definition) is 6. The molecule has 0 radical (unpaired) electrons. The van der Waals surface area contributed by atoms with Crippen LogP contribution in [0, 0.1) is 0 Å². The predicted octanol–water partition coefficient (Wildman–Crippen LogP) is 0.190. The highest BCUT2D eigenvalue weighted by molar-refractivity contribution is 6.31. The van der Waals surface area contributed by atoms with Gasteiger partial charge < -0.3 is 40.1 Å². The first-order valence-corrected chi connectivity index (χ1v) is 9.94. The zero-order valence-electron chi connectivity index (χ0n) is 15.9. The molecule has 2 aromatic rings. The lowest BCUT2D eigenvalue weighted by Crippen LogP contribution is -2.63. The van der Waals surface area contributed by atoms with Crippen molar-refractivity contribution in [3.8, 4) is 11.5 Å². The minimum Gasteiger partial charge on any atom is -0.507 e. The lowest BCUT2D eigenvalue weighted by molar-refractivity contribution is -0.358. The van der Waals surface area contributed by atoms with Crippen LogP contribution in [0.2, 0.25) is 5.02 Å². The minimum absolute atomic E-state index is 0.233. The molecule has 0 bridgehead atoms. The average molecular weight is 439 g/mol. The second-order valence-corrected chi connectivity index (χ2v) is 8.05. The van der Waals surface area contributed by atoms with Crippen molar-refractivity contribution in [2.45, 2.75) is 43.0 Å². The highest BCUT2D eigenvalue weighted by Crippen LogP contribution is 2.42. The van der Waals surface area contributed by atoms with E-state index in [0.717, 1.165) is 23.3 Å². The Bertz CT molecular complexity index is 949. The first kappa shape index (κ1) is 21.3. The molecule has 0 amide bonds. The molecule has 6 N–H and O–H groups in total. The van der Waals surface area contributed by atoms with Crippen molar-refractivity contribution >= 4 is 11.6 Å². The molecule has 9 heteroatoms. The summed E-state index contributed by atoms with van der Waals surface area (Å²) < 4.78 is 10.8. The number of phenolic OH excluding ortho intramolecular Hbond substituents is 1. The molecule has 8 nitrogen and oxygen atoms in total. The molecule has 0 saturated carbocycles. The lowest BCUT2D eigenvalue weighted by Gasteiger charge is -2.45. The van der Waals surface area contributed by atoms with Gasteiger partial charge in [0.1, 0.15) is 35.9 Å². The molecular formula is C21H23ClO8. The number of aliphatic hydroxyl groups is 5. The Hall–Kier alpha value is -1.91. The van der Waals surface area contributed by atoms with Gasteiger partial charge >= 0.3 is 0 Å². The molecule has 0 unspecified atom stereocenters. The molecule has 2 aromatic carbocycles. The first-order chi connectivity index (χ1) is 14.2. The lowest BCUT2D eigenvalue weighted by atomic mass is 9.86. The van der Waals surface area contributed by atoms with Gasteiger partial charge in [-0.05, 0) is 41.3 Å². The van der Waals surface area contributed by atoms with E-state index in [-0.39, 0.29) is 10.6 Å². The minimum atomic E-state index is -2.57. The van der Waals surface area contributed by atoms with Crippen molar-refractivity contribution in [1.82, 2.24) is 0 Å². The van der Waals surface area contributed by atoms with Crippen LogP contribution in [0.3, 0.4) is 0 Å². The summed E-state index contributed by atoms with van der Waals surface area (Å²) in [6.45, 7) is -0.0863. The van der Waals surface area contributed by atoms with E-state index in [9.17, 15) is 30.6 Å². The number of aliphatic hydroxyl groups excluding tert-OH is 4. The number of halogens is 1. The van der Waals surface area contributed by atoms with Gasteiger partial charge in [0.2, 0.25) is 5.79 Å². The maximum Gasteiger partial charge on any atom is 0.226 e. The summed E-state index contributed by atoms with van der Waals surface area (Å²) in [5.41, 5.74) is 2.31. The molecule has 0 spiro atoms. The van der Waals surface area contributed by atoms with Gasteiger partial charge in [-0.2, -0.15) is 0 Å². The van der Waals surface area contributed by atoms with Crippen molar-refractivity contribution in [2.75, 3.05) is 13.2 Å². The van der Waals surface area contributed by atoms with Crippen molar-refractivity contribution in [1.29, 1.82) is 0 Å². The number of fused-ring (bicyclic) bond motifs is 1. The van der Waals surface area contributed by atoms with Crippen LogP contribution in [0.1, 0.15) is 22.3 Å². The van der Waals surface area contributed by atoms with Gasteiger partial charge in [0.25, 0.3) is 0 Å². The Kier molecular flexibility index (Phi) is 5.67. The zero-order valence-corrected chi connectivity index (χ0v) is 16.7. The second-order valence-electron chi connectivity index (χ2n) is 7.64. The van der Waals surface area contributed by atoms with Gasteiger partial charge in [0.05, 0.1) is 18.8 Å². The van der Waals surface area contributed by atoms with E-state index in [4.69, 9.17) is 21.1 Å². The van der Waals surface area contributed by atoms with Crippen LogP contribution in [0.5, 0.6) is 11.5 Å². The summed E-state index contributed by atoms with van der Waals surface area (Å²) in [6.07, 6.45) is -5.61. The number of hydrogen-bond acceptors (Lipinski definition) is 8. The second kappa shape index (κ2) is 7.97. The van der Waals surface area contributed by atoms with Gasteiger partial charge in [-0.3, -0.25) is 0 Å². The summed E-state index contributed by atoms with van der Waals surface area (Å²) >= 11 is 6.30. The fraction of sp³-hybridized carbons (Fsp3) is 0.429. The molecule has 0 aliphatic carbocycles. The molecular weight excluding hydrogens is 416 g/mol. The third-order valence-corrected chi connectivity index (χ3v) is 6.02. The fourth-order valence-corrected chi connectivity index (χ4v) is 4.20. The monoisotopic (exact) mass is 438 g/mol. The van der Waals surface area contributed by atoms with Gasteiger partial charge in [-0.1, -0.05) is 23.7 Å². The Labute approximate surface area is 177 Å². The summed E-state index contributed by atoms with van der Waals surface area (Å²) in [4.78, 5) is 0. The largest absolute Gasteiger partial charge is 0.507 e. The SMILES string of the molecule is OC[C@H]1O[C@@](O)(c2cc(Cc3ccc4c(c3)CCO4)c(Cl)cc2O)[C@H](O)[C@@H](O)[C@@H]1O. The molecule has 2 heterocycles. The van der Waals surface area contributed by atoms with Crippen LogP contribution >= 0.6 is 11.6 Å². The Balaban J connectivity index is 1.71. The normalized spacial score (nSPS) is 30.7. The zero-order chi connectivity index (χ0) is 21.6. The Morgan fingerprint density at radius 1 is 1.10 bits per heavy atom. The predicted molar refractivity (Wildman–Crippen MR) is 105 cm³/mol. The third kappa shape index (κ3) is 3.54. The van der Waals surface area contributed by atoms with E-state index in [1.54, 1.807) is 0 Å². The van der Waals surface area contributed by atoms with Gasteiger partial charge in [0.15, 0.2) is 0 Å². The molecule has 0 aromatic heterocycles. The summed E-state index contributed by atoms with van der Waals surface area (Å²) in [5.74, 6) is -2.19. The van der Waals surface area contributed by atoms with Gasteiger partial charge in [0, 0.05) is 11.4 Å². The number of aromatic hydroxyl groups is 1. The van der Waals surface area contributed by atoms with E-state index < -0.39 is 42.6 Å². The Morgan fingerprint density at radius 2 is 1.87 bits per heavy atom. The van der Waals surface area contributed by atoms with E-state index in [1.165, 1.54) is 12.1 Å². The molecule has 30 heavy (non-hydrogen) atoms. The van der Waals surface area contributed by atoms with Crippen molar-refractivity contribution in [3.63, 3.8) is 0 Å². The van der Waals surface area contributed by atoms with E-state index >= 15 is 0 Å². The van der Waals surface area contributed by atoms with Crippen molar-refractivity contribution in [3.05, 3.63) is 57.6 Å². The molecule has 2 aliphatic heterocycles. The highest BCUT2D eigenvalue weighted by atomic mass is 35.5. The quantitative estimate of drug-likeness (QED) is 0.397. The maximum absolute atomic E-state index is 11.0. The molecule has 5 atom stereocenters. The molecule has 2 aliphatic rings. The number of phenols is 1. The standard InChI is InChI=1S/C21H23ClO8/c22-14-8-15(24)13(21(28)20(27)19(26)18(25)17(9-23)30-21)7-12(14)6-10-1-2-16-11(5-10)3-4-29-16/h1-2,5,7-8,17-20,23-28H,3-4,6,9H2/t17-,18-,19+,20-,21+/m1/s1. The molecule has 162 valence electrons. The smallest absolute Gasteiger partial charge is 0.226 e. The van der Waals surface area contributed by atoms with Crippen molar-refractivity contribution in [2.24, 2.45) is 0 Å². The van der Waals surface area contributed by atoms with E-state index in [0.29, 0.717) is 18.6 Å². The first-order valence-electron chi connectivity index (χ1n) is 9.56. The number of rotatable bonds is 4. The maximum atomic E-state index is 11.0. The molecule has 4 rings (SSSR count). The van der Waals surface area contributed by atoms with Gasteiger partial charge in [-0.15, -0.1) is 0 Å². The molecule has 1 fully saturated rings. The number of ether oxygens (including phenoxy) is 2. The summed E-state index contributed by atoms with van der Waals surface area (Å²) in [7, 11) is 0. The topological polar surface area (TPSA) is 140 Å². The average Bonchev–Trinajstić information content (AvgIpc) is 3.19. The Morgan fingerprint density at radius 3 is 2.60 bits per heavy atom. The van der Waals surface area contributed by atoms with E-state index in [2.05, 4.69) is 0 Å². The third-order valence-electron chi connectivity index (χ3n) is 5.67. The van der Waals surface area contributed by atoms with Crippen molar-refractivity contribution < 1.29 is 40.1 Å². The summed E-state index contributed by atoms with van der Waals surface area (Å²) in [5, 5.41) is 61.5. The summed E-state index contributed by atoms with van der Waals surface area (Å²) in [6, 6.07) is 8.34. The number of benzene rings is 2. The molecule has 1 saturated heterocycles. The van der Waals surface area contributed by atoms with E-state index in [1.807, 2.05) is 18.2 Å². The van der Waals surface area contributed by atoms with Gasteiger partial charge in [-0.25, -0.2) is 0 Å². The van der Waals surface area contributed by atoms with Crippen LogP contribution in [0.4, 0.5) is 0 Å². The van der Waals surface area contributed by atoms with Crippen LogP contribution in [-0.2, 0) is 23.4 Å². The fourth-order valence-electron chi connectivity index (χ4n) is 3.98. The van der Waals surface area contributed by atoms with Crippen LogP contribution in [0.25, 0.3) is 0 Å². The van der Waals surface area contributed by atoms with Crippen LogP contribution in [-0.4, -0.2) is 68.3 Å². The van der Waals surface area contributed by atoms with Crippen LogP contribution < -0.4 is 4.74 Å². The van der Waals surface area contributed by atoms with Crippen LogP contribution in [0.15, 0.2) is 30.3 Å². The highest BCUT2D eigenvalue weighted by Gasteiger charge is 2.54.